The molecule has 64 valence electrons. The van der Waals surface area contributed by atoms with Crippen LogP contribution in [0.1, 0.15) is 13.3 Å². The molecule has 0 aromatic rings. The highest BCUT2D eigenvalue weighted by Gasteiger charge is 2.35. The Morgan fingerprint density at radius 3 is 2.73 bits per heavy atom. The highest BCUT2D eigenvalue weighted by Crippen LogP contribution is 2.30. The summed E-state index contributed by atoms with van der Waals surface area (Å²) in [5, 5.41) is 9.02. The van der Waals surface area contributed by atoms with Gasteiger partial charge < -0.3 is 5.11 Å². The van der Waals surface area contributed by atoms with E-state index in [-0.39, 0.29) is 12.1 Å². The largest absolute Gasteiger partial charge is 0.394 e. The summed E-state index contributed by atoms with van der Waals surface area (Å²) in [4.78, 5) is 1.97. The third-order valence-corrected chi connectivity index (χ3v) is 2.46. The summed E-state index contributed by atoms with van der Waals surface area (Å²) >= 11 is 0. The number of likely N-dealkylation sites (tertiary alicyclic amines) is 1. The van der Waals surface area contributed by atoms with E-state index in [0.29, 0.717) is 19.3 Å². The zero-order chi connectivity index (χ0) is 8.48. The molecule has 11 heavy (non-hydrogen) atoms. The van der Waals surface area contributed by atoms with Gasteiger partial charge in [0.1, 0.15) is 0 Å². The predicted octanol–water partition coefficient (Wildman–Crippen LogP) is 0.926. The number of aliphatic hydroxyl groups is 1. The van der Waals surface area contributed by atoms with Crippen LogP contribution in [0.5, 0.6) is 0 Å². The molecule has 1 aliphatic rings. The molecule has 3 heteroatoms. The molecule has 0 aromatic heterocycles. The van der Waals surface area contributed by atoms with E-state index in [4.69, 9.17) is 5.11 Å². The molecule has 1 N–H and O–H groups in total. The second-order valence-electron chi connectivity index (χ2n) is 3.46. The monoisotopic (exact) mass is 159 g/mol. The molecular weight excluding hydrogens is 145 g/mol. The van der Waals surface area contributed by atoms with Gasteiger partial charge in [0.2, 0.25) is 0 Å². The Balaban J connectivity index is 2.73. The third kappa shape index (κ3) is 1.44. The van der Waals surface area contributed by atoms with Crippen molar-refractivity contribution < 1.29 is 9.50 Å². The standard InChI is InChI=1S/C8H14FNO/c1-8(6-11)3-7(4-9)5-10(8)2/h4,11H,3,5-6H2,1-2H3/b7-4-/t8-/m0/s1. The van der Waals surface area contributed by atoms with Crippen molar-refractivity contribution in [3.63, 3.8) is 0 Å². The number of hydrogen-bond acceptors (Lipinski definition) is 2. The van der Waals surface area contributed by atoms with Gasteiger partial charge in [-0.05, 0) is 26.0 Å². The molecule has 2 nitrogen and oxygen atoms in total. The van der Waals surface area contributed by atoms with Crippen molar-refractivity contribution in [2.45, 2.75) is 18.9 Å². The molecule has 1 aliphatic heterocycles. The van der Waals surface area contributed by atoms with E-state index in [9.17, 15) is 4.39 Å². The highest BCUT2D eigenvalue weighted by molar-refractivity contribution is 5.14. The zero-order valence-electron chi connectivity index (χ0n) is 6.97. The zero-order valence-corrected chi connectivity index (χ0v) is 6.97. The summed E-state index contributed by atoms with van der Waals surface area (Å²) in [6.07, 6.45) is 1.29. The van der Waals surface area contributed by atoms with E-state index < -0.39 is 0 Å². The summed E-state index contributed by atoms with van der Waals surface area (Å²) in [5.74, 6) is 0. The van der Waals surface area contributed by atoms with Gasteiger partial charge in [0.25, 0.3) is 0 Å². The van der Waals surface area contributed by atoms with Crippen molar-refractivity contribution in [1.29, 1.82) is 0 Å². The van der Waals surface area contributed by atoms with Crippen molar-refractivity contribution in [2.75, 3.05) is 20.2 Å². The molecule has 0 aromatic carbocycles. The molecular formula is C8H14FNO. The molecule has 1 atom stereocenters. The summed E-state index contributed by atoms with van der Waals surface area (Å²) in [5.41, 5.74) is 0.516. The summed E-state index contributed by atoms with van der Waals surface area (Å²) in [6, 6.07) is 0. The summed E-state index contributed by atoms with van der Waals surface area (Å²) < 4.78 is 12.1. The second kappa shape index (κ2) is 2.91. The van der Waals surface area contributed by atoms with E-state index in [1.807, 2.05) is 18.9 Å². The summed E-state index contributed by atoms with van der Waals surface area (Å²) in [7, 11) is 1.90. The van der Waals surface area contributed by atoms with Crippen LogP contribution < -0.4 is 0 Å². The van der Waals surface area contributed by atoms with Crippen LogP contribution in [0.3, 0.4) is 0 Å². The van der Waals surface area contributed by atoms with Crippen molar-refractivity contribution in [3.8, 4) is 0 Å². The molecule has 0 radical (unpaired) electrons. The van der Waals surface area contributed by atoms with Crippen LogP contribution in [0.25, 0.3) is 0 Å². The molecule has 0 saturated carbocycles. The maximum absolute atomic E-state index is 12.1. The minimum atomic E-state index is -0.252. The lowest BCUT2D eigenvalue weighted by Gasteiger charge is -2.28. The van der Waals surface area contributed by atoms with Crippen molar-refractivity contribution in [2.24, 2.45) is 0 Å². The molecule has 1 rings (SSSR count). The fourth-order valence-electron chi connectivity index (χ4n) is 1.43. The molecule has 0 bridgehead atoms. The normalized spacial score (nSPS) is 36.9. The lowest BCUT2D eigenvalue weighted by Crippen LogP contribution is -2.41. The van der Waals surface area contributed by atoms with E-state index in [1.165, 1.54) is 0 Å². The quantitative estimate of drug-likeness (QED) is 0.615. The first-order valence-electron chi connectivity index (χ1n) is 3.72. The summed E-state index contributed by atoms with van der Waals surface area (Å²) in [6.45, 7) is 2.65. The van der Waals surface area contributed by atoms with Gasteiger partial charge in [-0.2, -0.15) is 0 Å². The topological polar surface area (TPSA) is 23.5 Å². The minimum absolute atomic E-state index is 0.0842. The maximum atomic E-state index is 12.1. The second-order valence-corrected chi connectivity index (χ2v) is 3.46. The van der Waals surface area contributed by atoms with E-state index in [2.05, 4.69) is 0 Å². The molecule has 0 amide bonds. The molecule has 0 unspecified atom stereocenters. The van der Waals surface area contributed by atoms with Crippen LogP contribution in [0.2, 0.25) is 0 Å². The van der Waals surface area contributed by atoms with E-state index >= 15 is 0 Å². The lowest BCUT2D eigenvalue weighted by molar-refractivity contribution is 0.100. The average Bonchev–Trinajstić information content (AvgIpc) is 2.29. The number of likely N-dealkylation sites (N-methyl/N-ethyl adjacent to an activating group) is 1. The molecule has 1 heterocycles. The van der Waals surface area contributed by atoms with Crippen LogP contribution in [-0.2, 0) is 0 Å². The first kappa shape index (κ1) is 8.68. The maximum Gasteiger partial charge on any atom is 0.0872 e. The van der Waals surface area contributed by atoms with Gasteiger partial charge >= 0.3 is 0 Å². The fourth-order valence-corrected chi connectivity index (χ4v) is 1.43. The van der Waals surface area contributed by atoms with Gasteiger partial charge in [0.05, 0.1) is 12.9 Å². The van der Waals surface area contributed by atoms with Gasteiger partial charge in [-0.1, -0.05) is 0 Å². The Kier molecular flexibility index (Phi) is 2.30. The highest BCUT2D eigenvalue weighted by atomic mass is 19.1. The van der Waals surface area contributed by atoms with Crippen molar-refractivity contribution in [3.05, 3.63) is 11.9 Å². The Bertz CT molecular complexity index is 181. The Labute approximate surface area is 66.3 Å². The number of halogens is 1. The molecule has 1 fully saturated rings. The smallest absolute Gasteiger partial charge is 0.0872 e. The van der Waals surface area contributed by atoms with Gasteiger partial charge in [0.15, 0.2) is 0 Å². The van der Waals surface area contributed by atoms with E-state index in [1.54, 1.807) is 0 Å². The minimum Gasteiger partial charge on any atom is -0.394 e. The van der Waals surface area contributed by atoms with Crippen molar-refractivity contribution in [1.82, 2.24) is 4.90 Å². The van der Waals surface area contributed by atoms with Crippen LogP contribution >= 0.6 is 0 Å². The van der Waals surface area contributed by atoms with Gasteiger partial charge in [-0.15, -0.1) is 0 Å². The van der Waals surface area contributed by atoms with Crippen LogP contribution in [0, 0.1) is 0 Å². The third-order valence-electron chi connectivity index (χ3n) is 2.46. The Morgan fingerprint density at radius 1 is 1.82 bits per heavy atom. The van der Waals surface area contributed by atoms with Gasteiger partial charge in [0, 0.05) is 12.1 Å². The Morgan fingerprint density at radius 2 is 2.45 bits per heavy atom. The Hall–Kier alpha value is -0.410. The lowest BCUT2D eigenvalue weighted by atomic mass is 9.99. The number of aliphatic hydroxyl groups excluding tert-OH is 1. The van der Waals surface area contributed by atoms with E-state index in [0.717, 1.165) is 5.57 Å². The number of hydrogen-bond donors (Lipinski definition) is 1. The molecule has 1 saturated heterocycles. The van der Waals surface area contributed by atoms with Gasteiger partial charge in [-0.25, -0.2) is 4.39 Å². The molecule has 0 spiro atoms. The fraction of sp³-hybridized carbons (Fsp3) is 0.750. The van der Waals surface area contributed by atoms with Gasteiger partial charge in [-0.3, -0.25) is 4.90 Å². The number of rotatable bonds is 1. The predicted molar refractivity (Wildman–Crippen MR) is 41.9 cm³/mol. The first-order valence-corrected chi connectivity index (χ1v) is 3.72. The number of nitrogens with zero attached hydrogens (tertiary/aromatic N) is 1. The first-order chi connectivity index (χ1) is 5.12. The van der Waals surface area contributed by atoms with Crippen molar-refractivity contribution >= 4 is 0 Å². The SMILES string of the molecule is CN1C/C(=C\F)C[C@@]1(C)CO. The van der Waals surface area contributed by atoms with Crippen LogP contribution in [-0.4, -0.2) is 35.7 Å². The average molecular weight is 159 g/mol. The molecule has 0 aliphatic carbocycles. The van der Waals surface area contributed by atoms with Crippen LogP contribution in [0.4, 0.5) is 4.39 Å². The van der Waals surface area contributed by atoms with Crippen LogP contribution in [0.15, 0.2) is 11.9 Å².